The van der Waals surface area contributed by atoms with Crippen molar-refractivity contribution in [2.45, 2.75) is 11.8 Å². The minimum absolute atomic E-state index is 0.0574. The van der Waals surface area contributed by atoms with Crippen molar-refractivity contribution in [3.8, 4) is 11.1 Å². The summed E-state index contributed by atoms with van der Waals surface area (Å²) in [6, 6.07) is 21.0. The Morgan fingerprint density at radius 2 is 1.55 bits per heavy atom. The van der Waals surface area contributed by atoms with Crippen LogP contribution in [-0.2, 0) is 10.0 Å². The van der Waals surface area contributed by atoms with E-state index in [4.69, 9.17) is 0 Å². The highest BCUT2D eigenvalue weighted by atomic mass is 32.2. The fourth-order valence-corrected chi connectivity index (χ4v) is 4.88. The summed E-state index contributed by atoms with van der Waals surface area (Å²) in [4.78, 5) is 12.9. The van der Waals surface area contributed by atoms with Gasteiger partial charge < -0.3 is 5.11 Å². The molecule has 0 aliphatic carbocycles. The number of benzene rings is 3. The molecule has 0 bridgehead atoms. The van der Waals surface area contributed by atoms with Gasteiger partial charge in [0.15, 0.2) is 5.76 Å². The molecule has 0 atom stereocenters. The molecule has 1 aliphatic rings. The van der Waals surface area contributed by atoms with E-state index in [0.717, 1.165) is 21.0 Å². The molecular weight excluding hydrogens is 386 g/mol. The van der Waals surface area contributed by atoms with E-state index in [9.17, 15) is 18.3 Å². The second kappa shape index (κ2) is 6.90. The molecule has 0 saturated heterocycles. The van der Waals surface area contributed by atoms with Crippen LogP contribution in [0.2, 0.25) is 0 Å². The molecule has 0 spiro atoms. The maximum Gasteiger partial charge on any atom is 0.265 e. The summed E-state index contributed by atoms with van der Waals surface area (Å²) in [6.45, 7) is 1.99. The van der Waals surface area contributed by atoms with E-state index in [0.29, 0.717) is 5.56 Å². The van der Waals surface area contributed by atoms with Crippen LogP contribution < -0.4 is 0 Å². The van der Waals surface area contributed by atoms with Gasteiger partial charge in [0.25, 0.3) is 10.0 Å². The highest BCUT2D eigenvalue weighted by Crippen LogP contribution is 2.34. The average molecular weight is 405 g/mol. The molecule has 4 rings (SSSR count). The summed E-state index contributed by atoms with van der Waals surface area (Å²) in [5.41, 5.74) is 3.08. The number of carbonyl (C=O) groups is 1. The highest BCUT2D eigenvalue weighted by molar-refractivity contribution is 7.89. The maximum absolute atomic E-state index is 13.0. The fourth-order valence-electron chi connectivity index (χ4n) is 3.48. The van der Waals surface area contributed by atoms with E-state index in [1.807, 2.05) is 37.3 Å². The summed E-state index contributed by atoms with van der Waals surface area (Å²) in [6.07, 6.45) is 0. The van der Waals surface area contributed by atoms with E-state index in [2.05, 4.69) is 0 Å². The van der Waals surface area contributed by atoms with Crippen molar-refractivity contribution in [2.24, 2.45) is 0 Å². The Hall–Kier alpha value is -3.38. The number of carbonyl (C=O) groups excluding carboxylic acids is 1. The number of rotatable bonds is 2. The number of aliphatic hydroxyl groups excluding tert-OH is 1. The zero-order valence-electron chi connectivity index (χ0n) is 16.0. The van der Waals surface area contributed by atoms with Crippen molar-refractivity contribution in [1.82, 2.24) is 4.31 Å². The lowest BCUT2D eigenvalue weighted by Crippen LogP contribution is -2.37. The average Bonchev–Trinajstić information content (AvgIpc) is 2.73. The van der Waals surface area contributed by atoms with Crippen LogP contribution in [0, 0.1) is 6.92 Å². The Balaban J connectivity index is 1.88. The molecule has 0 aromatic heterocycles. The van der Waals surface area contributed by atoms with Crippen LogP contribution in [0.25, 0.3) is 16.9 Å². The number of likely N-dealkylation sites (N-methyl/N-ethyl adjacent to an activating group) is 1. The van der Waals surface area contributed by atoms with E-state index in [-0.39, 0.29) is 21.9 Å². The maximum atomic E-state index is 13.0. The lowest BCUT2D eigenvalue weighted by Gasteiger charge is -2.28. The molecule has 3 aromatic rings. The predicted molar refractivity (Wildman–Crippen MR) is 112 cm³/mol. The van der Waals surface area contributed by atoms with Gasteiger partial charge >= 0.3 is 0 Å². The molecule has 1 N–H and O–H groups in total. The zero-order chi connectivity index (χ0) is 20.8. The summed E-state index contributed by atoms with van der Waals surface area (Å²) < 4.78 is 26.6. The molecule has 0 radical (unpaired) electrons. The van der Waals surface area contributed by atoms with Gasteiger partial charge in [-0.2, -0.15) is 0 Å². The Labute approximate surface area is 169 Å². The van der Waals surface area contributed by atoms with Crippen LogP contribution >= 0.6 is 0 Å². The van der Waals surface area contributed by atoms with E-state index < -0.39 is 15.8 Å². The Morgan fingerprint density at radius 1 is 0.897 bits per heavy atom. The first-order valence-corrected chi connectivity index (χ1v) is 10.5. The Morgan fingerprint density at radius 3 is 2.28 bits per heavy atom. The third kappa shape index (κ3) is 3.11. The monoisotopic (exact) mass is 405 g/mol. The molecule has 0 fully saturated rings. The third-order valence-corrected chi connectivity index (χ3v) is 6.83. The van der Waals surface area contributed by atoms with Crippen LogP contribution in [-0.4, -0.2) is 30.7 Å². The first kappa shape index (κ1) is 19.0. The number of ketones is 1. The number of Topliss-reactive ketones (excluding diaryl/α,β-unsaturated/α-hetero) is 1. The number of nitrogens with zero attached hydrogens (tertiary/aromatic N) is 1. The van der Waals surface area contributed by atoms with Gasteiger partial charge in [0.1, 0.15) is 5.70 Å². The first-order valence-electron chi connectivity index (χ1n) is 9.04. The van der Waals surface area contributed by atoms with Crippen molar-refractivity contribution in [2.75, 3.05) is 7.05 Å². The fraction of sp³-hybridized carbons (Fsp3) is 0.0870. The standard InChI is InChI=1S/C23H19NO4S/c1-15-7-5-8-16(13-15)17-9-6-10-18(14-17)22(25)21-23(26)19-11-3-4-12-20(19)29(27,28)24(21)2/h3-14,25H,1-2H3. The van der Waals surface area contributed by atoms with Gasteiger partial charge in [-0.05, 0) is 36.2 Å². The first-order chi connectivity index (χ1) is 13.8. The molecule has 146 valence electrons. The van der Waals surface area contributed by atoms with Crippen molar-refractivity contribution in [3.05, 3.63) is 95.2 Å². The number of aliphatic hydroxyl groups is 1. The number of sulfonamides is 1. The molecular formula is C23H19NO4S. The van der Waals surface area contributed by atoms with Crippen LogP contribution in [0.4, 0.5) is 0 Å². The Kier molecular flexibility index (Phi) is 4.51. The zero-order valence-corrected chi connectivity index (χ0v) is 16.8. The summed E-state index contributed by atoms with van der Waals surface area (Å²) in [7, 11) is -2.65. The summed E-state index contributed by atoms with van der Waals surface area (Å²) in [5, 5.41) is 10.9. The smallest absolute Gasteiger partial charge is 0.265 e. The lowest BCUT2D eigenvalue weighted by atomic mass is 9.99. The summed E-state index contributed by atoms with van der Waals surface area (Å²) >= 11 is 0. The number of aryl methyl sites for hydroxylation is 1. The largest absolute Gasteiger partial charge is 0.505 e. The Bertz CT molecular complexity index is 1280. The molecule has 0 saturated carbocycles. The number of hydrogen-bond acceptors (Lipinski definition) is 4. The number of hydrogen-bond donors (Lipinski definition) is 1. The second-order valence-corrected chi connectivity index (χ2v) is 8.88. The van der Waals surface area contributed by atoms with Crippen LogP contribution in [0.5, 0.6) is 0 Å². The molecule has 29 heavy (non-hydrogen) atoms. The SMILES string of the molecule is Cc1cccc(-c2cccc(C(O)=C3C(=O)c4ccccc4S(=O)(=O)N3C)c2)c1. The van der Waals surface area contributed by atoms with Gasteiger partial charge in [-0.1, -0.05) is 60.2 Å². The van der Waals surface area contributed by atoms with Gasteiger partial charge in [0.2, 0.25) is 5.78 Å². The van der Waals surface area contributed by atoms with Crippen molar-refractivity contribution >= 4 is 21.6 Å². The molecule has 6 heteroatoms. The van der Waals surface area contributed by atoms with Gasteiger partial charge in [-0.25, -0.2) is 8.42 Å². The minimum Gasteiger partial charge on any atom is -0.505 e. The van der Waals surface area contributed by atoms with Crippen LogP contribution in [0.1, 0.15) is 21.5 Å². The number of allylic oxidation sites excluding steroid dienone is 1. The highest BCUT2D eigenvalue weighted by Gasteiger charge is 2.39. The molecule has 5 nitrogen and oxygen atoms in total. The second-order valence-electron chi connectivity index (χ2n) is 6.95. The topological polar surface area (TPSA) is 74.7 Å². The van der Waals surface area contributed by atoms with Crippen molar-refractivity contribution in [1.29, 1.82) is 0 Å². The van der Waals surface area contributed by atoms with Gasteiger partial charge in [-0.3, -0.25) is 9.10 Å². The number of fused-ring (bicyclic) bond motifs is 1. The predicted octanol–water partition coefficient (Wildman–Crippen LogP) is 4.41. The lowest BCUT2D eigenvalue weighted by molar-refractivity contribution is 0.100. The molecule has 1 heterocycles. The van der Waals surface area contributed by atoms with E-state index in [1.54, 1.807) is 30.3 Å². The third-order valence-electron chi connectivity index (χ3n) is 5.01. The van der Waals surface area contributed by atoms with Crippen molar-refractivity contribution < 1.29 is 18.3 Å². The van der Waals surface area contributed by atoms with E-state index >= 15 is 0 Å². The molecule has 1 aliphatic heterocycles. The van der Waals surface area contributed by atoms with Crippen LogP contribution in [0.15, 0.2) is 83.4 Å². The van der Waals surface area contributed by atoms with E-state index in [1.165, 1.54) is 19.2 Å². The quantitative estimate of drug-likeness (QED) is 0.506. The van der Waals surface area contributed by atoms with Gasteiger partial charge in [0.05, 0.1) is 4.90 Å². The minimum atomic E-state index is -3.93. The van der Waals surface area contributed by atoms with Crippen molar-refractivity contribution in [3.63, 3.8) is 0 Å². The normalized spacial score (nSPS) is 17.0. The van der Waals surface area contributed by atoms with Gasteiger partial charge in [0, 0.05) is 18.2 Å². The molecule has 0 amide bonds. The summed E-state index contributed by atoms with van der Waals surface area (Å²) in [5.74, 6) is -0.901. The molecule has 0 unspecified atom stereocenters. The van der Waals surface area contributed by atoms with Gasteiger partial charge in [-0.15, -0.1) is 0 Å². The van der Waals surface area contributed by atoms with Crippen LogP contribution in [0.3, 0.4) is 0 Å². The molecule has 3 aromatic carbocycles.